The van der Waals surface area contributed by atoms with Crippen molar-refractivity contribution in [2.75, 3.05) is 4.72 Å². The second-order valence-electron chi connectivity index (χ2n) is 2.60. The lowest BCUT2D eigenvalue weighted by Crippen LogP contribution is -2.00. The van der Waals surface area contributed by atoms with Crippen LogP contribution in [0.2, 0.25) is 0 Å². The van der Waals surface area contributed by atoms with Gasteiger partial charge in [-0.25, -0.2) is 4.21 Å². The van der Waals surface area contributed by atoms with E-state index < -0.39 is 11.3 Å². The maximum Gasteiger partial charge on any atom is 0.259 e. The van der Waals surface area contributed by atoms with Crippen LogP contribution in [0.1, 0.15) is 0 Å². The van der Waals surface area contributed by atoms with Crippen LogP contribution >= 0.6 is 0 Å². The first-order chi connectivity index (χ1) is 6.27. The molecular weight excluding hydrogens is 188 g/mol. The predicted molar refractivity (Wildman–Crippen MR) is 52.7 cm³/mol. The third-order valence-electron chi connectivity index (χ3n) is 1.79. The Labute approximate surface area is 77.4 Å². The van der Waals surface area contributed by atoms with E-state index >= 15 is 0 Å². The second kappa shape index (κ2) is 3.20. The molecule has 3 N–H and O–H groups in total. The molecule has 1 atom stereocenters. The Hall–Kier alpha value is -1.33. The number of para-hydroxylation sites is 1. The Kier molecular flexibility index (Phi) is 2.03. The number of H-pyrrole nitrogens is 1. The Bertz CT molecular complexity index is 452. The van der Waals surface area contributed by atoms with Gasteiger partial charge in [0, 0.05) is 17.1 Å². The molecule has 0 saturated heterocycles. The Morgan fingerprint density at radius 3 is 2.92 bits per heavy atom. The fraction of sp³-hybridized carbons (Fsp3) is 0. The summed E-state index contributed by atoms with van der Waals surface area (Å²) in [5.41, 5.74) is 1.58. The van der Waals surface area contributed by atoms with Crippen molar-refractivity contribution in [3.8, 4) is 0 Å². The highest BCUT2D eigenvalue weighted by Gasteiger charge is 2.02. The normalized spacial score (nSPS) is 13.0. The van der Waals surface area contributed by atoms with E-state index in [0.717, 1.165) is 10.9 Å². The largest absolute Gasteiger partial charge is 0.359 e. The van der Waals surface area contributed by atoms with Gasteiger partial charge in [0.05, 0.1) is 5.69 Å². The van der Waals surface area contributed by atoms with Gasteiger partial charge in [0.2, 0.25) is 0 Å². The van der Waals surface area contributed by atoms with Crippen molar-refractivity contribution in [1.82, 2.24) is 4.98 Å². The zero-order valence-corrected chi connectivity index (χ0v) is 7.47. The van der Waals surface area contributed by atoms with Crippen molar-refractivity contribution >= 4 is 27.9 Å². The van der Waals surface area contributed by atoms with Crippen LogP contribution in [0.25, 0.3) is 10.9 Å². The quantitative estimate of drug-likeness (QED) is 0.640. The minimum atomic E-state index is -2.02. The lowest BCUT2D eigenvalue weighted by Gasteiger charge is -1.96. The van der Waals surface area contributed by atoms with Gasteiger partial charge in [-0.2, -0.15) is 0 Å². The number of rotatable bonds is 2. The van der Waals surface area contributed by atoms with Crippen LogP contribution in [0, 0.1) is 0 Å². The number of benzene rings is 1. The Balaban J connectivity index is 2.51. The second-order valence-corrected chi connectivity index (χ2v) is 3.30. The molecule has 0 amide bonds. The SMILES string of the molecule is O=S(O)Nc1c[nH]c2ccccc12. The molecule has 0 aliphatic carbocycles. The highest BCUT2D eigenvalue weighted by atomic mass is 32.2. The minimum Gasteiger partial charge on any atom is -0.359 e. The molecule has 2 rings (SSSR count). The van der Waals surface area contributed by atoms with Crippen LogP contribution in [0.15, 0.2) is 30.5 Å². The van der Waals surface area contributed by atoms with E-state index in [1.165, 1.54) is 0 Å². The summed E-state index contributed by atoms with van der Waals surface area (Å²) in [4.78, 5) is 2.99. The number of hydrogen-bond donors (Lipinski definition) is 3. The van der Waals surface area contributed by atoms with Gasteiger partial charge in [0.1, 0.15) is 0 Å². The lowest BCUT2D eigenvalue weighted by molar-refractivity contribution is 0.570. The molecule has 1 aromatic carbocycles. The Morgan fingerprint density at radius 2 is 2.15 bits per heavy atom. The van der Waals surface area contributed by atoms with Crippen LogP contribution in [0.3, 0.4) is 0 Å². The van der Waals surface area contributed by atoms with Gasteiger partial charge in [-0.3, -0.25) is 9.27 Å². The van der Waals surface area contributed by atoms with Gasteiger partial charge < -0.3 is 4.98 Å². The van der Waals surface area contributed by atoms with E-state index in [1.54, 1.807) is 6.20 Å². The molecule has 13 heavy (non-hydrogen) atoms. The maximum atomic E-state index is 10.5. The third-order valence-corrected chi connectivity index (χ3v) is 2.18. The molecule has 0 spiro atoms. The highest BCUT2D eigenvalue weighted by Crippen LogP contribution is 2.22. The molecule has 1 heterocycles. The summed E-state index contributed by atoms with van der Waals surface area (Å²) in [6, 6.07) is 7.56. The van der Waals surface area contributed by atoms with Crippen LogP contribution in [0.4, 0.5) is 5.69 Å². The fourth-order valence-corrected chi connectivity index (χ4v) is 1.61. The number of anilines is 1. The molecule has 1 aromatic heterocycles. The molecule has 0 aliphatic rings. The van der Waals surface area contributed by atoms with Gasteiger partial charge in [-0.1, -0.05) is 18.2 Å². The average Bonchev–Trinajstić information content (AvgIpc) is 2.48. The van der Waals surface area contributed by atoms with E-state index in [-0.39, 0.29) is 0 Å². The van der Waals surface area contributed by atoms with Gasteiger partial charge in [-0.05, 0) is 6.07 Å². The molecular formula is C8H8N2O2S. The van der Waals surface area contributed by atoms with E-state index in [2.05, 4.69) is 9.71 Å². The van der Waals surface area contributed by atoms with Crippen LogP contribution in [0.5, 0.6) is 0 Å². The number of hydrogen-bond acceptors (Lipinski definition) is 1. The summed E-state index contributed by atoms with van der Waals surface area (Å²) >= 11 is -2.02. The summed E-state index contributed by atoms with van der Waals surface area (Å²) in [6.07, 6.45) is 1.67. The highest BCUT2D eigenvalue weighted by molar-refractivity contribution is 7.80. The zero-order valence-electron chi connectivity index (χ0n) is 6.65. The van der Waals surface area contributed by atoms with Gasteiger partial charge in [0.15, 0.2) is 0 Å². The van der Waals surface area contributed by atoms with Crippen LogP contribution in [-0.4, -0.2) is 13.7 Å². The molecule has 0 aliphatic heterocycles. The standard InChI is InChI=1S/C8H8N2O2S/c11-13(12)10-8-5-9-7-4-2-1-3-6(7)8/h1-5,9-10H,(H,11,12). The van der Waals surface area contributed by atoms with Crippen LogP contribution < -0.4 is 4.72 Å². The molecule has 68 valence electrons. The molecule has 0 saturated carbocycles. The van der Waals surface area contributed by atoms with Crippen molar-refractivity contribution in [3.05, 3.63) is 30.5 Å². The predicted octanol–water partition coefficient (Wildman–Crippen LogP) is 1.72. The lowest BCUT2D eigenvalue weighted by atomic mass is 10.2. The zero-order chi connectivity index (χ0) is 9.26. The van der Waals surface area contributed by atoms with Crippen molar-refractivity contribution in [2.45, 2.75) is 0 Å². The van der Waals surface area contributed by atoms with Crippen molar-refractivity contribution in [2.24, 2.45) is 0 Å². The van der Waals surface area contributed by atoms with Crippen LogP contribution in [-0.2, 0) is 11.3 Å². The third kappa shape index (κ3) is 1.56. The smallest absolute Gasteiger partial charge is 0.259 e. The summed E-state index contributed by atoms with van der Waals surface area (Å²) in [5.74, 6) is 0. The van der Waals surface area contributed by atoms with Crippen molar-refractivity contribution < 1.29 is 8.76 Å². The average molecular weight is 196 g/mol. The molecule has 5 heteroatoms. The Morgan fingerprint density at radius 1 is 1.38 bits per heavy atom. The topological polar surface area (TPSA) is 65.1 Å². The first-order valence-corrected chi connectivity index (χ1v) is 4.81. The molecule has 1 unspecified atom stereocenters. The number of nitrogens with one attached hydrogen (secondary N) is 2. The first kappa shape index (κ1) is 8.28. The van der Waals surface area contributed by atoms with Gasteiger partial charge >= 0.3 is 0 Å². The summed E-state index contributed by atoms with van der Waals surface area (Å²) in [7, 11) is 0. The maximum absolute atomic E-state index is 10.5. The summed E-state index contributed by atoms with van der Waals surface area (Å²) in [5, 5.41) is 0.907. The fourth-order valence-electron chi connectivity index (χ4n) is 1.25. The van der Waals surface area contributed by atoms with E-state index in [4.69, 9.17) is 4.55 Å². The number of aromatic amines is 1. The first-order valence-electron chi connectivity index (χ1n) is 3.71. The van der Waals surface area contributed by atoms with E-state index in [0.29, 0.717) is 5.69 Å². The van der Waals surface area contributed by atoms with Crippen molar-refractivity contribution in [1.29, 1.82) is 0 Å². The summed E-state index contributed by atoms with van der Waals surface area (Å²) in [6.45, 7) is 0. The van der Waals surface area contributed by atoms with E-state index in [9.17, 15) is 4.21 Å². The van der Waals surface area contributed by atoms with E-state index in [1.807, 2.05) is 24.3 Å². The number of fused-ring (bicyclic) bond motifs is 1. The monoisotopic (exact) mass is 196 g/mol. The minimum absolute atomic E-state index is 0.636. The van der Waals surface area contributed by atoms with Gasteiger partial charge in [-0.15, -0.1) is 0 Å². The molecule has 2 aromatic rings. The van der Waals surface area contributed by atoms with Gasteiger partial charge in [0.25, 0.3) is 11.3 Å². The molecule has 4 nitrogen and oxygen atoms in total. The molecule has 0 bridgehead atoms. The summed E-state index contributed by atoms with van der Waals surface area (Å²) < 4.78 is 21.6. The number of aromatic nitrogens is 1. The molecule has 0 fully saturated rings. The molecule has 0 radical (unpaired) electrons. The van der Waals surface area contributed by atoms with Crippen molar-refractivity contribution in [3.63, 3.8) is 0 Å².